The molecule has 0 aliphatic carbocycles. The molecule has 10 heavy (non-hydrogen) atoms. The highest BCUT2D eigenvalue weighted by molar-refractivity contribution is 14.1. The number of benzene rings is 1. The Bertz CT molecular complexity index is 209. The third kappa shape index (κ3) is 2.10. The molecule has 1 nitrogen and oxygen atoms in total. The maximum atomic E-state index is 5.67. The summed E-state index contributed by atoms with van der Waals surface area (Å²) < 4.78 is 3.61. The lowest BCUT2D eigenvalue weighted by molar-refractivity contribution is 1.53. The van der Waals surface area contributed by atoms with E-state index in [1.54, 1.807) is 0 Å². The molecule has 2 N–H and O–H groups in total. The van der Waals surface area contributed by atoms with Gasteiger partial charge in [0, 0.05) is 16.4 Å². The van der Waals surface area contributed by atoms with Crippen LogP contribution in [0.4, 0.5) is 5.69 Å². The van der Waals surface area contributed by atoms with Crippen molar-refractivity contribution in [2.24, 2.45) is 0 Å². The van der Waals surface area contributed by atoms with Crippen molar-refractivity contribution >= 4 is 73.5 Å². The molecule has 1 rings (SSSR count). The van der Waals surface area contributed by atoms with Crippen LogP contribution in [0, 0.1) is 10.7 Å². The maximum Gasteiger partial charge on any atom is 0.0461 e. The zero-order valence-electron chi connectivity index (χ0n) is 4.87. The zero-order valence-corrected chi connectivity index (χ0v) is 11.3. The first-order valence-electron chi connectivity index (χ1n) is 2.51. The number of rotatable bonds is 0. The smallest absolute Gasteiger partial charge is 0.0461 e. The van der Waals surface area contributed by atoms with Gasteiger partial charge in [-0.1, -0.05) is 0 Å². The van der Waals surface area contributed by atoms with Crippen molar-refractivity contribution in [2.75, 3.05) is 5.73 Å². The van der Waals surface area contributed by atoms with Crippen LogP contribution in [0.15, 0.2) is 12.1 Å². The van der Waals surface area contributed by atoms with Crippen LogP contribution >= 0.6 is 67.8 Å². The van der Waals surface area contributed by atoms with Gasteiger partial charge in [-0.05, 0) is 79.9 Å². The molecule has 0 atom stereocenters. The molecular weight excluding hydrogens is 467 g/mol. The Hall–Kier alpha value is 1.21. The Morgan fingerprint density at radius 1 is 0.900 bits per heavy atom. The van der Waals surface area contributed by atoms with E-state index < -0.39 is 0 Å². The van der Waals surface area contributed by atoms with Crippen molar-refractivity contribution in [3.63, 3.8) is 0 Å². The molecule has 1 aromatic carbocycles. The molecule has 0 saturated heterocycles. The predicted molar refractivity (Wildman–Crippen MR) is 69.0 cm³/mol. The highest BCUT2D eigenvalue weighted by Gasteiger charge is 1.99. The summed E-state index contributed by atoms with van der Waals surface area (Å²) in [6.07, 6.45) is 0. The Morgan fingerprint density at radius 3 is 1.90 bits per heavy atom. The molecule has 0 heterocycles. The van der Waals surface area contributed by atoms with Crippen LogP contribution < -0.4 is 5.73 Å². The van der Waals surface area contributed by atoms with Crippen molar-refractivity contribution < 1.29 is 0 Å². The van der Waals surface area contributed by atoms with Crippen LogP contribution in [-0.2, 0) is 0 Å². The summed E-state index contributed by atoms with van der Waals surface area (Å²) in [6, 6.07) is 4.07. The van der Waals surface area contributed by atoms with Gasteiger partial charge in [-0.25, -0.2) is 0 Å². The second-order valence-corrected chi connectivity index (χ2v) is 5.27. The molecule has 0 amide bonds. The van der Waals surface area contributed by atoms with Crippen LogP contribution in [0.5, 0.6) is 0 Å². The van der Waals surface area contributed by atoms with Crippen LogP contribution in [-0.4, -0.2) is 0 Å². The quantitative estimate of drug-likeness (QED) is 0.352. The van der Waals surface area contributed by atoms with Crippen molar-refractivity contribution in [3.8, 4) is 0 Å². The summed E-state index contributed by atoms with van der Waals surface area (Å²) in [4.78, 5) is 0. The van der Waals surface area contributed by atoms with E-state index in [2.05, 4.69) is 73.8 Å². The van der Waals surface area contributed by atoms with Gasteiger partial charge in [-0.15, -0.1) is 0 Å². The second-order valence-electron chi connectivity index (χ2n) is 1.79. The van der Waals surface area contributed by atoms with E-state index in [0.717, 1.165) is 9.26 Å². The minimum atomic E-state index is 0.866. The molecule has 0 saturated carbocycles. The van der Waals surface area contributed by atoms with E-state index >= 15 is 0 Å². The van der Waals surface area contributed by atoms with Crippen LogP contribution in [0.1, 0.15) is 0 Å². The first kappa shape index (κ1) is 9.30. The average Bonchev–Trinajstić information content (AvgIpc) is 1.84. The lowest BCUT2D eigenvalue weighted by Gasteiger charge is -2.00. The van der Waals surface area contributed by atoms with Gasteiger partial charge in [0.15, 0.2) is 0 Å². The minimum Gasteiger partial charge on any atom is -0.398 e. The maximum absolute atomic E-state index is 5.67. The second kappa shape index (κ2) is 3.74. The van der Waals surface area contributed by atoms with E-state index in [9.17, 15) is 0 Å². The highest BCUT2D eigenvalue weighted by Crippen LogP contribution is 2.22. The van der Waals surface area contributed by atoms with Gasteiger partial charge in [-0.2, -0.15) is 0 Å². The topological polar surface area (TPSA) is 26.0 Å². The standard InChI is InChI=1S/C6H4I3N/c7-3-1-5(9)6(10)2-4(3)8/h1-2H,10H2. The van der Waals surface area contributed by atoms with Crippen LogP contribution in [0.2, 0.25) is 0 Å². The molecule has 0 spiro atoms. The number of anilines is 1. The summed E-state index contributed by atoms with van der Waals surface area (Å²) in [5, 5.41) is 0. The largest absolute Gasteiger partial charge is 0.398 e. The van der Waals surface area contributed by atoms with Gasteiger partial charge in [0.2, 0.25) is 0 Å². The normalized spacial score (nSPS) is 9.90. The summed E-state index contributed by atoms with van der Waals surface area (Å²) in [5.74, 6) is 0. The Kier molecular flexibility index (Phi) is 3.48. The molecule has 0 unspecified atom stereocenters. The monoisotopic (exact) mass is 471 g/mol. The first-order valence-corrected chi connectivity index (χ1v) is 5.75. The van der Waals surface area contributed by atoms with Gasteiger partial charge in [-0.3, -0.25) is 0 Å². The third-order valence-corrected chi connectivity index (χ3v) is 4.79. The van der Waals surface area contributed by atoms with Crippen molar-refractivity contribution in [2.45, 2.75) is 0 Å². The molecular formula is C6H4I3N. The highest BCUT2D eigenvalue weighted by atomic mass is 127. The number of hydrogen-bond donors (Lipinski definition) is 1. The SMILES string of the molecule is Nc1cc(I)c(I)cc1I. The van der Waals surface area contributed by atoms with Crippen molar-refractivity contribution in [1.82, 2.24) is 0 Å². The summed E-state index contributed by atoms with van der Waals surface area (Å²) >= 11 is 6.81. The van der Waals surface area contributed by atoms with Crippen molar-refractivity contribution in [1.29, 1.82) is 0 Å². The summed E-state index contributed by atoms with van der Waals surface area (Å²) in [6.45, 7) is 0. The van der Waals surface area contributed by atoms with Crippen LogP contribution in [0.3, 0.4) is 0 Å². The minimum absolute atomic E-state index is 0.866. The first-order chi connectivity index (χ1) is 4.61. The molecule has 0 aliphatic heterocycles. The Balaban J connectivity index is 3.28. The number of nitrogen functional groups attached to an aromatic ring is 1. The van der Waals surface area contributed by atoms with Gasteiger partial charge >= 0.3 is 0 Å². The fraction of sp³-hybridized carbons (Fsp3) is 0. The Labute approximate surface area is 101 Å². The molecule has 0 aliphatic rings. The van der Waals surface area contributed by atoms with Gasteiger partial charge in [0.25, 0.3) is 0 Å². The summed E-state index contributed by atoms with van der Waals surface area (Å²) in [5.41, 5.74) is 6.54. The lowest BCUT2D eigenvalue weighted by Crippen LogP contribution is -1.91. The van der Waals surface area contributed by atoms with Gasteiger partial charge in [0.05, 0.1) is 0 Å². The van der Waals surface area contributed by atoms with Gasteiger partial charge in [0.1, 0.15) is 0 Å². The molecule has 54 valence electrons. The van der Waals surface area contributed by atoms with Crippen molar-refractivity contribution in [3.05, 3.63) is 22.8 Å². The summed E-state index contributed by atoms with van der Waals surface area (Å²) in [7, 11) is 0. The van der Waals surface area contributed by atoms with E-state index in [1.165, 1.54) is 7.14 Å². The third-order valence-electron chi connectivity index (χ3n) is 1.04. The fourth-order valence-corrected chi connectivity index (χ4v) is 2.56. The lowest BCUT2D eigenvalue weighted by atomic mass is 10.3. The fourth-order valence-electron chi connectivity index (χ4n) is 0.538. The predicted octanol–water partition coefficient (Wildman–Crippen LogP) is 3.08. The van der Waals surface area contributed by atoms with Crippen LogP contribution in [0.25, 0.3) is 0 Å². The molecule has 0 bridgehead atoms. The van der Waals surface area contributed by atoms with E-state index in [1.807, 2.05) is 6.07 Å². The van der Waals surface area contributed by atoms with Gasteiger partial charge < -0.3 is 5.73 Å². The van der Waals surface area contributed by atoms with E-state index in [-0.39, 0.29) is 0 Å². The molecule has 1 aromatic rings. The molecule has 0 radical (unpaired) electrons. The average molecular weight is 471 g/mol. The van der Waals surface area contributed by atoms with E-state index in [4.69, 9.17) is 5.73 Å². The Morgan fingerprint density at radius 2 is 1.40 bits per heavy atom. The molecule has 0 aromatic heterocycles. The molecule has 4 heteroatoms. The number of halogens is 3. The molecule has 0 fully saturated rings. The number of hydrogen-bond acceptors (Lipinski definition) is 1. The zero-order chi connectivity index (χ0) is 7.72. The number of nitrogens with two attached hydrogens (primary N) is 1. The van der Waals surface area contributed by atoms with E-state index in [0.29, 0.717) is 0 Å².